The number of hydrogen-bond acceptors (Lipinski definition) is 6. The third-order valence-corrected chi connectivity index (χ3v) is 4.87. The molecule has 0 heterocycles. The fourth-order valence-corrected chi connectivity index (χ4v) is 3.42. The molecule has 0 aromatic heterocycles. The molecular weight excluding hydrogens is 416 g/mol. The molecule has 0 aliphatic heterocycles. The summed E-state index contributed by atoms with van der Waals surface area (Å²) < 4.78 is 76.4. The van der Waals surface area contributed by atoms with Crippen LogP contribution in [-0.2, 0) is 16.4 Å². The van der Waals surface area contributed by atoms with Crippen molar-refractivity contribution in [2.24, 2.45) is 5.14 Å². The number of primary sulfonamides is 1. The van der Waals surface area contributed by atoms with Gasteiger partial charge in [0.05, 0.1) is 16.4 Å². The van der Waals surface area contributed by atoms with E-state index in [9.17, 15) is 8.42 Å². The molecule has 7 nitrogen and oxygen atoms in total. The molecule has 2 aromatic carbocycles. The van der Waals surface area contributed by atoms with Crippen molar-refractivity contribution in [3.8, 4) is 17.2 Å². The zero-order valence-corrected chi connectivity index (χ0v) is 17.8. The largest absolute Gasteiger partial charge is 0.495 e. The van der Waals surface area contributed by atoms with Crippen LogP contribution in [0.3, 0.4) is 0 Å². The van der Waals surface area contributed by atoms with Crippen LogP contribution in [0, 0.1) is 0 Å². The molecule has 0 aliphatic carbocycles. The maximum atomic E-state index is 11.8. The van der Waals surface area contributed by atoms with Crippen molar-refractivity contribution in [2.75, 3.05) is 26.8 Å². The number of nitrogens with two attached hydrogens (primary N) is 1. The van der Waals surface area contributed by atoms with Crippen molar-refractivity contribution in [2.45, 2.75) is 31.1 Å². The molecule has 162 valence electrons. The van der Waals surface area contributed by atoms with Crippen molar-refractivity contribution in [3.05, 3.63) is 48.0 Å². The Kier molecular flexibility index (Phi) is 7.30. The predicted molar refractivity (Wildman–Crippen MR) is 116 cm³/mol. The predicted octanol–water partition coefficient (Wildman–Crippen LogP) is 2.76. The maximum absolute atomic E-state index is 11.8. The highest BCUT2D eigenvalue weighted by Gasteiger charge is 2.16. The van der Waals surface area contributed by atoms with E-state index in [1.54, 1.807) is 30.3 Å². The molecule has 2 rings (SSSR count). The highest BCUT2D eigenvalue weighted by molar-refractivity contribution is 7.89. The summed E-state index contributed by atoms with van der Waals surface area (Å²) in [6.07, 6.45) is 0.519. The van der Waals surface area contributed by atoms with E-state index in [1.165, 1.54) is 19.2 Å². The molecule has 0 saturated heterocycles. The Bertz CT molecular complexity index is 1050. The Morgan fingerprint density at radius 2 is 1.86 bits per heavy atom. The van der Waals surface area contributed by atoms with Crippen molar-refractivity contribution >= 4 is 22.4 Å². The average Bonchev–Trinajstić information content (AvgIpc) is 2.70. The van der Waals surface area contributed by atoms with Gasteiger partial charge in [-0.25, -0.2) is 13.6 Å². The molecule has 0 amide bonds. The molecule has 0 fully saturated rings. The lowest BCUT2D eigenvalue weighted by Gasteiger charge is -2.16. The zero-order chi connectivity index (χ0) is 24.9. The van der Waals surface area contributed by atoms with E-state index in [0.717, 1.165) is 5.56 Å². The van der Waals surface area contributed by atoms with Gasteiger partial charge in [-0.3, -0.25) is 0 Å². The summed E-state index contributed by atoms with van der Waals surface area (Å²) in [5.74, 6) is 0.382. The number of sulfonamides is 1. The minimum absolute atomic E-state index is 0. The summed E-state index contributed by atoms with van der Waals surface area (Å²) in [7, 11) is -2.55. The topological polar surface area (TPSA) is 99.9 Å². The molecular formula is C20H29ClN2O5S. The molecule has 0 saturated carbocycles. The Labute approximate surface area is 186 Å². The molecule has 3 N–H and O–H groups in total. The summed E-state index contributed by atoms with van der Waals surface area (Å²) in [5, 5.41) is 8.49. The van der Waals surface area contributed by atoms with E-state index < -0.39 is 23.4 Å². The second kappa shape index (κ2) is 11.9. The first-order valence-corrected chi connectivity index (χ1v) is 10.1. The van der Waals surface area contributed by atoms with Gasteiger partial charge in [0.1, 0.15) is 17.3 Å². The van der Waals surface area contributed by atoms with Gasteiger partial charge in [0.2, 0.25) is 10.0 Å². The average molecular weight is 450 g/mol. The van der Waals surface area contributed by atoms with E-state index in [1.807, 2.05) is 6.92 Å². The highest BCUT2D eigenvalue weighted by atomic mass is 35.5. The van der Waals surface area contributed by atoms with Crippen LogP contribution in [-0.4, -0.2) is 41.3 Å². The zero-order valence-electron chi connectivity index (χ0n) is 21.2. The van der Waals surface area contributed by atoms with Gasteiger partial charge >= 0.3 is 0 Å². The third kappa shape index (κ3) is 7.74. The van der Waals surface area contributed by atoms with E-state index in [2.05, 4.69) is 5.32 Å². The molecule has 2 aromatic rings. The molecule has 1 atom stereocenters. The molecule has 0 bridgehead atoms. The summed E-state index contributed by atoms with van der Waals surface area (Å²) >= 11 is 0. The number of halogens is 1. The third-order valence-electron chi connectivity index (χ3n) is 3.94. The highest BCUT2D eigenvalue weighted by Crippen LogP contribution is 2.26. The molecule has 29 heavy (non-hydrogen) atoms. The van der Waals surface area contributed by atoms with Crippen LogP contribution in [0.4, 0.5) is 0 Å². The standard InChI is InChI=1S/C20H28N2O5S.ClH/c1-4-26-17-7-5-6-8-18(17)27-12-11-22-15(2)13-16-9-10-19(25-3)20(14-16)28(21,23)24;/h5-10,14-15,22H,4,11-13H2,1-3H3,(H2,21,23,24);1H/t15-;/m1./s1/i1D3,4D2;. The second-order valence-electron chi connectivity index (χ2n) is 6.09. The Balaban J connectivity index is 0.00000578. The summed E-state index contributed by atoms with van der Waals surface area (Å²) in [6.45, 7) is -3.29. The minimum Gasteiger partial charge on any atom is -0.495 e. The van der Waals surface area contributed by atoms with Crippen LogP contribution >= 0.6 is 12.4 Å². The number of benzene rings is 2. The normalized spacial score (nSPS) is 15.5. The van der Waals surface area contributed by atoms with Crippen LogP contribution in [0.2, 0.25) is 0 Å². The van der Waals surface area contributed by atoms with Gasteiger partial charge in [0.15, 0.2) is 11.5 Å². The quantitative estimate of drug-likeness (QED) is 0.511. The van der Waals surface area contributed by atoms with Crippen LogP contribution in [0.15, 0.2) is 47.4 Å². The van der Waals surface area contributed by atoms with Gasteiger partial charge < -0.3 is 19.5 Å². The maximum Gasteiger partial charge on any atom is 0.241 e. The molecule has 0 unspecified atom stereocenters. The van der Waals surface area contributed by atoms with Gasteiger partial charge in [-0.15, -0.1) is 12.4 Å². The molecule has 9 heteroatoms. The minimum atomic E-state index is -3.92. The fourth-order valence-electron chi connectivity index (χ4n) is 2.67. The number of hydrogen-bond donors (Lipinski definition) is 2. The van der Waals surface area contributed by atoms with E-state index in [0.29, 0.717) is 13.0 Å². The second-order valence-corrected chi connectivity index (χ2v) is 7.62. The van der Waals surface area contributed by atoms with Crippen molar-refractivity contribution in [1.82, 2.24) is 5.32 Å². The van der Waals surface area contributed by atoms with Crippen LogP contribution in [0.5, 0.6) is 17.2 Å². The van der Waals surface area contributed by atoms with Gasteiger partial charge in [0.25, 0.3) is 0 Å². The molecule has 0 aliphatic rings. The van der Waals surface area contributed by atoms with Crippen LogP contribution in [0.25, 0.3) is 0 Å². The first-order valence-electron chi connectivity index (χ1n) is 11.1. The summed E-state index contributed by atoms with van der Waals surface area (Å²) in [4.78, 5) is -0.0773. The van der Waals surface area contributed by atoms with Crippen molar-refractivity contribution < 1.29 is 29.5 Å². The van der Waals surface area contributed by atoms with Gasteiger partial charge in [-0.2, -0.15) is 0 Å². The van der Waals surface area contributed by atoms with Gasteiger partial charge in [-0.05, 0) is 50.0 Å². The van der Waals surface area contributed by atoms with Gasteiger partial charge in [0, 0.05) is 16.7 Å². The van der Waals surface area contributed by atoms with Crippen molar-refractivity contribution in [1.29, 1.82) is 0 Å². The van der Waals surface area contributed by atoms with E-state index in [4.69, 9.17) is 26.2 Å². The monoisotopic (exact) mass is 449 g/mol. The number of methoxy groups -OCH3 is 1. The van der Waals surface area contributed by atoms with Crippen molar-refractivity contribution in [3.63, 3.8) is 0 Å². The Morgan fingerprint density at radius 1 is 1.17 bits per heavy atom. The molecule has 0 radical (unpaired) electrons. The number of rotatable bonds is 11. The van der Waals surface area contributed by atoms with Crippen LogP contribution in [0.1, 0.15) is 26.2 Å². The summed E-state index contributed by atoms with van der Waals surface area (Å²) in [6, 6.07) is 11.0. The first-order chi connectivity index (χ1) is 15.2. The lowest BCUT2D eigenvalue weighted by Crippen LogP contribution is -2.32. The lowest BCUT2D eigenvalue weighted by molar-refractivity contribution is 0.272. The lowest BCUT2D eigenvalue weighted by atomic mass is 10.1. The van der Waals surface area contributed by atoms with E-state index in [-0.39, 0.29) is 47.2 Å². The number of para-hydroxylation sites is 2. The Hall–Kier alpha value is -2.00. The first kappa shape index (κ1) is 17.8. The number of ether oxygens (including phenoxy) is 3. The molecule has 0 spiro atoms. The van der Waals surface area contributed by atoms with Crippen LogP contribution < -0.4 is 24.7 Å². The Morgan fingerprint density at radius 3 is 2.48 bits per heavy atom. The summed E-state index contributed by atoms with van der Waals surface area (Å²) in [5.41, 5.74) is 0.756. The van der Waals surface area contributed by atoms with Gasteiger partial charge in [-0.1, -0.05) is 18.2 Å². The number of nitrogens with one attached hydrogen (secondary N) is 1. The fraction of sp³-hybridized carbons (Fsp3) is 0.400. The SMILES string of the molecule is Cl.[2H]C([2H])([2H])C([2H])([2H])Oc1ccccc1OCCN[C@H](C)Cc1ccc(OC)c(S(N)(=O)=O)c1. The van der Waals surface area contributed by atoms with E-state index >= 15 is 0 Å². The smallest absolute Gasteiger partial charge is 0.241 e.